The second-order valence-corrected chi connectivity index (χ2v) is 5.84. The number of amides is 1. The zero-order valence-corrected chi connectivity index (χ0v) is 13.0. The zero-order chi connectivity index (χ0) is 14.0. The van der Waals surface area contributed by atoms with Crippen molar-refractivity contribution in [3.05, 3.63) is 22.2 Å². The molecule has 1 aromatic rings. The number of nitrogens with two attached hydrogens (primary N) is 1. The number of nitrogens with zero attached hydrogens (tertiary/aromatic N) is 1. The molecule has 0 bridgehead atoms. The fourth-order valence-electron chi connectivity index (χ4n) is 2.31. The van der Waals surface area contributed by atoms with Gasteiger partial charge in [-0.3, -0.25) is 4.79 Å². The minimum absolute atomic E-state index is 0.132. The summed E-state index contributed by atoms with van der Waals surface area (Å²) in [6.45, 7) is 3.20. The number of benzene rings is 1. The number of hydrogen-bond donors (Lipinski definition) is 2. The first-order valence-corrected chi connectivity index (χ1v) is 7.45. The minimum atomic E-state index is -0.550. The summed E-state index contributed by atoms with van der Waals surface area (Å²) >= 11 is 3.57. The van der Waals surface area contributed by atoms with E-state index in [1.54, 1.807) is 0 Å². The van der Waals surface area contributed by atoms with Gasteiger partial charge < -0.3 is 16.0 Å². The number of rotatable bonds is 5. The second-order valence-electron chi connectivity index (χ2n) is 4.99. The number of carbonyl (C=O) groups is 1. The van der Waals surface area contributed by atoms with Gasteiger partial charge in [0.15, 0.2) is 0 Å². The lowest BCUT2D eigenvalue weighted by Gasteiger charge is -2.21. The van der Waals surface area contributed by atoms with E-state index >= 15 is 0 Å². The van der Waals surface area contributed by atoms with Gasteiger partial charge in [0.05, 0.1) is 5.69 Å². The first kappa shape index (κ1) is 14.3. The third-order valence-corrected chi connectivity index (χ3v) is 4.14. The lowest BCUT2D eigenvalue weighted by atomic mass is 10.1. The molecule has 4 nitrogen and oxygen atoms in total. The SMILES string of the molecule is CCCCCN(C)c1cc2c(cc1Br)C(N)C(=O)N2. The molecule has 1 atom stereocenters. The number of nitrogens with one attached hydrogen (secondary N) is 1. The van der Waals surface area contributed by atoms with Gasteiger partial charge in [0.2, 0.25) is 5.91 Å². The molecule has 1 aliphatic heterocycles. The van der Waals surface area contributed by atoms with Crippen LogP contribution in [0.2, 0.25) is 0 Å². The summed E-state index contributed by atoms with van der Waals surface area (Å²) in [6.07, 6.45) is 3.61. The molecular formula is C14H20BrN3O. The summed E-state index contributed by atoms with van der Waals surface area (Å²) in [5, 5.41) is 2.83. The normalized spacial score (nSPS) is 17.3. The van der Waals surface area contributed by atoms with Crippen molar-refractivity contribution in [3.8, 4) is 0 Å². The van der Waals surface area contributed by atoms with E-state index in [0.29, 0.717) is 0 Å². The predicted octanol–water partition coefficient (Wildman–Crippen LogP) is 3.03. The Bertz CT molecular complexity index is 490. The third kappa shape index (κ3) is 2.92. The molecule has 0 saturated heterocycles. The van der Waals surface area contributed by atoms with Crippen molar-refractivity contribution in [3.63, 3.8) is 0 Å². The van der Waals surface area contributed by atoms with Crippen LogP contribution in [0.4, 0.5) is 11.4 Å². The van der Waals surface area contributed by atoms with Gasteiger partial charge in [0, 0.05) is 29.3 Å². The number of unbranched alkanes of at least 4 members (excludes halogenated alkanes) is 2. The second kappa shape index (κ2) is 5.92. The largest absolute Gasteiger partial charge is 0.374 e. The van der Waals surface area contributed by atoms with E-state index in [0.717, 1.165) is 28.0 Å². The van der Waals surface area contributed by atoms with Gasteiger partial charge in [0.25, 0.3) is 0 Å². The van der Waals surface area contributed by atoms with Crippen LogP contribution >= 0.6 is 15.9 Å². The number of hydrogen-bond acceptors (Lipinski definition) is 3. The topological polar surface area (TPSA) is 58.4 Å². The van der Waals surface area contributed by atoms with Gasteiger partial charge in [-0.2, -0.15) is 0 Å². The highest BCUT2D eigenvalue weighted by molar-refractivity contribution is 9.10. The van der Waals surface area contributed by atoms with Crippen LogP contribution in [0.25, 0.3) is 0 Å². The average Bonchev–Trinajstić information content (AvgIpc) is 2.65. The molecule has 2 rings (SSSR count). The van der Waals surface area contributed by atoms with Gasteiger partial charge in [-0.1, -0.05) is 19.8 Å². The maximum absolute atomic E-state index is 11.6. The molecule has 0 fully saturated rings. The van der Waals surface area contributed by atoms with E-state index in [4.69, 9.17) is 5.73 Å². The van der Waals surface area contributed by atoms with Crippen LogP contribution in [0, 0.1) is 0 Å². The molecule has 104 valence electrons. The minimum Gasteiger partial charge on any atom is -0.374 e. The monoisotopic (exact) mass is 325 g/mol. The summed E-state index contributed by atoms with van der Waals surface area (Å²) in [5.74, 6) is -0.132. The summed E-state index contributed by atoms with van der Waals surface area (Å²) in [4.78, 5) is 13.8. The van der Waals surface area contributed by atoms with Crippen LogP contribution in [-0.2, 0) is 4.79 Å². The van der Waals surface area contributed by atoms with E-state index in [-0.39, 0.29) is 5.91 Å². The van der Waals surface area contributed by atoms with Gasteiger partial charge in [-0.25, -0.2) is 0 Å². The van der Waals surface area contributed by atoms with Crippen molar-refractivity contribution in [1.82, 2.24) is 0 Å². The molecule has 0 aromatic heterocycles. The lowest BCUT2D eigenvalue weighted by molar-refractivity contribution is -0.116. The zero-order valence-electron chi connectivity index (χ0n) is 11.4. The summed E-state index contributed by atoms with van der Waals surface area (Å²) in [7, 11) is 2.07. The summed E-state index contributed by atoms with van der Waals surface area (Å²) in [5.41, 5.74) is 8.62. The number of carbonyl (C=O) groups excluding carboxylic acids is 1. The molecule has 0 saturated carbocycles. The highest BCUT2D eigenvalue weighted by atomic mass is 79.9. The van der Waals surface area contributed by atoms with Crippen LogP contribution < -0.4 is 16.0 Å². The Balaban J connectivity index is 2.19. The van der Waals surface area contributed by atoms with Gasteiger partial charge >= 0.3 is 0 Å². The molecule has 19 heavy (non-hydrogen) atoms. The van der Waals surface area contributed by atoms with Gasteiger partial charge in [0.1, 0.15) is 6.04 Å². The Labute approximate surface area is 122 Å². The molecule has 1 aliphatic rings. The Morgan fingerprint density at radius 1 is 1.42 bits per heavy atom. The van der Waals surface area contributed by atoms with Gasteiger partial charge in [-0.15, -0.1) is 0 Å². The Morgan fingerprint density at radius 3 is 2.84 bits per heavy atom. The van der Waals surface area contributed by atoms with Crippen molar-refractivity contribution in [1.29, 1.82) is 0 Å². The predicted molar refractivity (Wildman–Crippen MR) is 82.5 cm³/mol. The smallest absolute Gasteiger partial charge is 0.245 e. The first-order valence-electron chi connectivity index (χ1n) is 6.65. The molecule has 1 unspecified atom stereocenters. The Morgan fingerprint density at radius 2 is 2.16 bits per heavy atom. The molecule has 5 heteroatoms. The van der Waals surface area contributed by atoms with Crippen molar-refractivity contribution in [2.24, 2.45) is 5.73 Å². The number of fused-ring (bicyclic) bond motifs is 1. The Kier molecular flexibility index (Phi) is 4.47. The fraction of sp³-hybridized carbons (Fsp3) is 0.500. The van der Waals surface area contributed by atoms with Crippen molar-refractivity contribution < 1.29 is 4.79 Å². The maximum Gasteiger partial charge on any atom is 0.245 e. The first-order chi connectivity index (χ1) is 9.04. The highest BCUT2D eigenvalue weighted by Crippen LogP contribution is 2.37. The van der Waals surface area contributed by atoms with Crippen molar-refractivity contribution >= 4 is 33.2 Å². The molecule has 0 radical (unpaired) electrons. The molecule has 1 aromatic carbocycles. The number of anilines is 2. The van der Waals surface area contributed by atoms with E-state index in [2.05, 4.69) is 40.1 Å². The van der Waals surface area contributed by atoms with Crippen LogP contribution in [0.15, 0.2) is 16.6 Å². The molecule has 0 aliphatic carbocycles. The molecule has 3 N–H and O–H groups in total. The van der Waals surface area contributed by atoms with E-state index in [9.17, 15) is 4.79 Å². The summed E-state index contributed by atoms with van der Waals surface area (Å²) < 4.78 is 0.984. The van der Waals surface area contributed by atoms with Crippen LogP contribution in [-0.4, -0.2) is 19.5 Å². The van der Waals surface area contributed by atoms with Crippen molar-refractivity contribution in [2.45, 2.75) is 32.2 Å². The summed E-state index contributed by atoms with van der Waals surface area (Å²) in [6, 6.07) is 3.39. The average molecular weight is 326 g/mol. The molecular weight excluding hydrogens is 306 g/mol. The lowest BCUT2D eigenvalue weighted by Crippen LogP contribution is -2.19. The highest BCUT2D eigenvalue weighted by Gasteiger charge is 2.28. The van der Waals surface area contributed by atoms with Crippen LogP contribution in [0.1, 0.15) is 37.8 Å². The van der Waals surface area contributed by atoms with Crippen LogP contribution in [0.3, 0.4) is 0 Å². The molecule has 1 heterocycles. The van der Waals surface area contributed by atoms with Gasteiger partial charge in [-0.05, 0) is 34.5 Å². The fourth-order valence-corrected chi connectivity index (χ4v) is 2.97. The molecule has 1 amide bonds. The van der Waals surface area contributed by atoms with E-state index in [1.807, 2.05) is 12.1 Å². The standard InChI is InChI=1S/C14H20BrN3O/c1-3-4-5-6-18(2)12-8-11-9(7-10(12)15)13(16)14(19)17-11/h7-8,13H,3-6,16H2,1-2H3,(H,17,19). The van der Waals surface area contributed by atoms with Crippen LogP contribution in [0.5, 0.6) is 0 Å². The third-order valence-electron chi connectivity index (χ3n) is 3.50. The quantitative estimate of drug-likeness (QED) is 0.818. The van der Waals surface area contributed by atoms with E-state index < -0.39 is 6.04 Å². The van der Waals surface area contributed by atoms with Crippen molar-refractivity contribution in [2.75, 3.05) is 23.8 Å². The van der Waals surface area contributed by atoms with E-state index in [1.165, 1.54) is 19.3 Å². The molecule has 0 spiro atoms. The number of halogens is 1. The Hall–Kier alpha value is -1.07. The maximum atomic E-state index is 11.6.